The van der Waals surface area contributed by atoms with E-state index in [-0.39, 0.29) is 17.4 Å². The third-order valence-corrected chi connectivity index (χ3v) is 5.80. The van der Waals surface area contributed by atoms with Crippen LogP contribution in [0, 0.1) is 0 Å². The van der Waals surface area contributed by atoms with Crippen LogP contribution in [-0.4, -0.2) is 32.2 Å². The van der Waals surface area contributed by atoms with Crippen molar-refractivity contribution in [1.29, 1.82) is 0 Å². The molecule has 1 saturated carbocycles. The lowest BCUT2D eigenvalue weighted by Crippen LogP contribution is -2.12. The molecule has 0 bridgehead atoms. The summed E-state index contributed by atoms with van der Waals surface area (Å²) >= 11 is 1.39. The zero-order chi connectivity index (χ0) is 20.9. The maximum Gasteiger partial charge on any atom is 0.255 e. The minimum Gasteiger partial charge on any atom is -0.322 e. The Morgan fingerprint density at radius 2 is 1.80 bits per heavy atom. The van der Waals surface area contributed by atoms with Gasteiger partial charge in [-0.25, -0.2) is 0 Å². The summed E-state index contributed by atoms with van der Waals surface area (Å²) in [5, 5.41) is 12.2. The second-order valence-corrected chi connectivity index (χ2v) is 8.07. The van der Waals surface area contributed by atoms with Gasteiger partial charge in [0, 0.05) is 29.3 Å². The van der Waals surface area contributed by atoms with Crippen molar-refractivity contribution in [1.82, 2.24) is 14.8 Å². The van der Waals surface area contributed by atoms with Crippen LogP contribution in [0.25, 0.3) is 0 Å². The quantitative estimate of drug-likeness (QED) is 0.313. The van der Waals surface area contributed by atoms with Crippen LogP contribution < -0.4 is 5.32 Å². The van der Waals surface area contributed by atoms with E-state index in [0.717, 1.165) is 23.8 Å². The van der Waals surface area contributed by atoms with Crippen LogP contribution in [0.3, 0.4) is 0 Å². The first-order chi connectivity index (χ1) is 14.7. The summed E-state index contributed by atoms with van der Waals surface area (Å²) in [5.74, 6) is 1.57. The molecule has 1 N–H and O–H groups in total. The van der Waals surface area contributed by atoms with Crippen LogP contribution in [0.15, 0.2) is 72.4 Å². The van der Waals surface area contributed by atoms with E-state index < -0.39 is 0 Å². The van der Waals surface area contributed by atoms with Gasteiger partial charge in [0.25, 0.3) is 5.91 Å². The highest BCUT2D eigenvalue weighted by molar-refractivity contribution is 7.99. The lowest BCUT2D eigenvalue weighted by atomic mass is 10.1. The van der Waals surface area contributed by atoms with E-state index >= 15 is 0 Å². The summed E-state index contributed by atoms with van der Waals surface area (Å²) in [6, 6.07) is 15.9. The molecule has 2 aromatic carbocycles. The summed E-state index contributed by atoms with van der Waals surface area (Å²) in [7, 11) is 0. The Balaban J connectivity index is 1.36. The van der Waals surface area contributed by atoms with E-state index in [1.807, 2.05) is 28.8 Å². The number of carbonyl (C=O) groups is 2. The molecule has 0 spiro atoms. The first-order valence-corrected chi connectivity index (χ1v) is 10.8. The Kier molecular flexibility index (Phi) is 6.09. The zero-order valence-corrected chi connectivity index (χ0v) is 17.3. The van der Waals surface area contributed by atoms with Gasteiger partial charge in [0.05, 0.1) is 5.75 Å². The van der Waals surface area contributed by atoms with Gasteiger partial charge in [-0.3, -0.25) is 9.59 Å². The highest BCUT2D eigenvalue weighted by Gasteiger charge is 2.30. The Labute approximate surface area is 179 Å². The van der Waals surface area contributed by atoms with Crippen molar-refractivity contribution in [2.24, 2.45) is 0 Å². The lowest BCUT2D eigenvalue weighted by Gasteiger charge is -2.08. The number of benzene rings is 2. The first kappa shape index (κ1) is 20.1. The number of aromatic nitrogens is 3. The maximum absolute atomic E-state index is 12.6. The average Bonchev–Trinajstić information content (AvgIpc) is 3.55. The molecule has 0 aliphatic heterocycles. The van der Waals surface area contributed by atoms with Crippen molar-refractivity contribution in [3.8, 4) is 0 Å². The van der Waals surface area contributed by atoms with Crippen LogP contribution in [0.5, 0.6) is 0 Å². The highest BCUT2D eigenvalue weighted by Crippen LogP contribution is 2.40. The third kappa shape index (κ3) is 4.68. The number of anilines is 1. The van der Waals surface area contributed by atoms with E-state index in [1.165, 1.54) is 11.8 Å². The molecule has 1 fully saturated rings. The van der Waals surface area contributed by atoms with Crippen molar-refractivity contribution in [3.63, 3.8) is 0 Å². The van der Waals surface area contributed by atoms with Gasteiger partial charge in [0.15, 0.2) is 10.9 Å². The van der Waals surface area contributed by atoms with E-state index in [4.69, 9.17) is 0 Å². The standard InChI is InChI=1S/C23H22N4O2S/c1-2-14-27-21(17-8-9-17)25-26-23(27)30-15-20(28)16-10-12-19(13-11-16)24-22(29)18-6-4-3-5-7-18/h2-7,10-13,17H,1,8-9,14-15H2,(H,24,29). The van der Waals surface area contributed by atoms with E-state index in [1.54, 1.807) is 36.4 Å². The fraction of sp³-hybridized carbons (Fsp3) is 0.217. The number of allylic oxidation sites excluding steroid dienone is 1. The number of ketones is 1. The predicted octanol–water partition coefficient (Wildman–Crippen LogP) is 4.57. The second kappa shape index (κ2) is 9.09. The van der Waals surface area contributed by atoms with Crippen molar-refractivity contribution in [2.75, 3.05) is 11.1 Å². The van der Waals surface area contributed by atoms with Gasteiger partial charge in [0.1, 0.15) is 5.82 Å². The normalized spacial score (nSPS) is 13.1. The number of Topliss-reactive ketones (excluding diaryl/α,β-unsaturated/α-hetero) is 1. The minimum atomic E-state index is -0.182. The molecule has 152 valence electrons. The zero-order valence-electron chi connectivity index (χ0n) is 16.5. The number of nitrogens with zero attached hydrogens (tertiary/aromatic N) is 3. The van der Waals surface area contributed by atoms with Gasteiger partial charge in [0.2, 0.25) is 0 Å². The number of hydrogen-bond acceptors (Lipinski definition) is 5. The molecular weight excluding hydrogens is 396 g/mol. The van der Waals surface area contributed by atoms with Gasteiger partial charge in [-0.05, 0) is 49.2 Å². The Hall–Kier alpha value is -3.19. The molecule has 0 saturated heterocycles. The molecule has 0 atom stereocenters. The van der Waals surface area contributed by atoms with Crippen LogP contribution in [-0.2, 0) is 6.54 Å². The van der Waals surface area contributed by atoms with Gasteiger partial charge >= 0.3 is 0 Å². The predicted molar refractivity (Wildman–Crippen MR) is 118 cm³/mol. The lowest BCUT2D eigenvalue weighted by molar-refractivity contribution is 0.101. The third-order valence-electron chi connectivity index (χ3n) is 4.83. The molecule has 1 aliphatic rings. The maximum atomic E-state index is 12.6. The van der Waals surface area contributed by atoms with Crippen LogP contribution in [0.4, 0.5) is 5.69 Å². The molecule has 1 aromatic heterocycles. The Morgan fingerprint density at radius 3 is 2.47 bits per heavy atom. The first-order valence-electron chi connectivity index (χ1n) is 9.82. The number of rotatable bonds is 9. The smallest absolute Gasteiger partial charge is 0.255 e. The summed E-state index contributed by atoms with van der Waals surface area (Å²) in [6.07, 6.45) is 4.11. The molecule has 0 radical (unpaired) electrons. The number of nitrogens with one attached hydrogen (secondary N) is 1. The fourth-order valence-electron chi connectivity index (χ4n) is 3.10. The summed E-state index contributed by atoms with van der Waals surface area (Å²) in [6.45, 7) is 4.45. The molecule has 7 heteroatoms. The largest absolute Gasteiger partial charge is 0.322 e. The second-order valence-electron chi connectivity index (χ2n) is 7.12. The Morgan fingerprint density at radius 1 is 1.07 bits per heavy atom. The number of amides is 1. The SMILES string of the molecule is C=CCn1c(SCC(=O)c2ccc(NC(=O)c3ccccc3)cc2)nnc1C1CC1. The minimum absolute atomic E-state index is 0.00191. The van der Waals surface area contributed by atoms with Crippen LogP contribution in [0.1, 0.15) is 45.3 Å². The molecule has 6 nitrogen and oxygen atoms in total. The molecule has 3 aromatic rings. The van der Waals surface area contributed by atoms with Crippen molar-refractivity contribution in [2.45, 2.75) is 30.5 Å². The van der Waals surface area contributed by atoms with Crippen LogP contribution in [0.2, 0.25) is 0 Å². The summed E-state index contributed by atoms with van der Waals surface area (Å²) in [5.41, 5.74) is 1.83. The Bertz CT molecular complexity index is 1060. The van der Waals surface area contributed by atoms with Crippen molar-refractivity contribution in [3.05, 3.63) is 84.2 Å². The molecule has 1 aliphatic carbocycles. The summed E-state index contributed by atoms with van der Waals surface area (Å²) < 4.78 is 2.05. The number of carbonyl (C=O) groups excluding carboxylic acids is 2. The molecular formula is C23H22N4O2S. The van der Waals surface area contributed by atoms with E-state index in [9.17, 15) is 9.59 Å². The monoisotopic (exact) mass is 418 g/mol. The van der Waals surface area contributed by atoms with Gasteiger partial charge < -0.3 is 9.88 Å². The van der Waals surface area contributed by atoms with Gasteiger partial charge in [-0.15, -0.1) is 16.8 Å². The topological polar surface area (TPSA) is 76.9 Å². The molecule has 1 amide bonds. The van der Waals surface area contributed by atoms with E-state index in [0.29, 0.717) is 29.3 Å². The van der Waals surface area contributed by atoms with E-state index in [2.05, 4.69) is 22.1 Å². The fourth-order valence-corrected chi connectivity index (χ4v) is 3.95. The van der Waals surface area contributed by atoms with Gasteiger partial charge in [-0.2, -0.15) is 0 Å². The molecule has 0 unspecified atom stereocenters. The highest BCUT2D eigenvalue weighted by atomic mass is 32.2. The summed E-state index contributed by atoms with van der Waals surface area (Å²) in [4.78, 5) is 24.8. The average molecular weight is 419 g/mol. The van der Waals surface area contributed by atoms with Gasteiger partial charge in [-0.1, -0.05) is 36.0 Å². The van der Waals surface area contributed by atoms with Crippen molar-refractivity contribution >= 4 is 29.1 Å². The molecule has 1 heterocycles. The number of thioether (sulfide) groups is 1. The molecule has 30 heavy (non-hydrogen) atoms. The van der Waals surface area contributed by atoms with Crippen LogP contribution >= 0.6 is 11.8 Å². The molecule has 4 rings (SSSR count). The number of hydrogen-bond donors (Lipinski definition) is 1. The van der Waals surface area contributed by atoms with Crippen molar-refractivity contribution < 1.29 is 9.59 Å².